The van der Waals surface area contributed by atoms with Crippen LogP contribution in [0.5, 0.6) is 0 Å². The maximum atomic E-state index is 9.56. The Kier molecular flexibility index (Phi) is 5.63. The van der Waals surface area contributed by atoms with Gasteiger partial charge in [0.2, 0.25) is 0 Å². The van der Waals surface area contributed by atoms with Gasteiger partial charge in [0.15, 0.2) is 0 Å². The molecule has 4 rings (SSSR count). The number of aliphatic hydroxyl groups excluding tert-OH is 1. The predicted octanol–water partition coefficient (Wildman–Crippen LogP) is 4.43. The van der Waals surface area contributed by atoms with E-state index in [0.29, 0.717) is 5.25 Å². The summed E-state index contributed by atoms with van der Waals surface area (Å²) in [5, 5.41) is 13.5. The Morgan fingerprint density at radius 1 is 0.778 bits per heavy atom. The molecule has 3 heteroatoms. The van der Waals surface area contributed by atoms with Crippen molar-refractivity contribution < 1.29 is 5.11 Å². The molecule has 2 nitrogen and oxygen atoms in total. The average molecular weight is 376 g/mol. The van der Waals surface area contributed by atoms with Gasteiger partial charge >= 0.3 is 0 Å². The number of nitrogens with one attached hydrogen (secondary N) is 1. The molecule has 27 heavy (non-hydrogen) atoms. The highest BCUT2D eigenvalue weighted by Gasteiger charge is 2.40. The Hall–Kier alpha value is -2.07. The van der Waals surface area contributed by atoms with Gasteiger partial charge in [-0.05, 0) is 23.1 Å². The zero-order valence-corrected chi connectivity index (χ0v) is 16.1. The molecule has 1 aliphatic rings. The number of thioether (sulfide) groups is 1. The third kappa shape index (κ3) is 3.68. The summed E-state index contributed by atoms with van der Waals surface area (Å²) in [5.74, 6) is 0. The molecule has 0 aliphatic carbocycles. The first-order chi connectivity index (χ1) is 13.3. The Morgan fingerprint density at radius 3 is 1.59 bits per heavy atom. The molecule has 3 aromatic rings. The summed E-state index contributed by atoms with van der Waals surface area (Å²) >= 11 is 2.00. The van der Waals surface area contributed by atoms with Crippen LogP contribution in [0.3, 0.4) is 0 Å². The van der Waals surface area contributed by atoms with Crippen LogP contribution in [0.2, 0.25) is 0 Å². The molecule has 1 aliphatic heterocycles. The normalized spacial score (nSPS) is 19.9. The van der Waals surface area contributed by atoms with Crippen LogP contribution < -0.4 is 5.32 Å². The molecule has 0 radical (unpaired) electrons. The second-order valence-corrected chi connectivity index (χ2v) is 8.56. The van der Waals surface area contributed by atoms with E-state index in [1.165, 1.54) is 16.7 Å². The molecule has 2 atom stereocenters. The van der Waals surface area contributed by atoms with Crippen LogP contribution in [0.25, 0.3) is 0 Å². The monoisotopic (exact) mass is 375 g/mol. The highest BCUT2D eigenvalue weighted by Crippen LogP contribution is 2.51. The summed E-state index contributed by atoms with van der Waals surface area (Å²) in [6, 6.07) is 32.6. The largest absolute Gasteiger partial charge is 0.395 e. The van der Waals surface area contributed by atoms with E-state index in [1.54, 1.807) is 0 Å². The van der Waals surface area contributed by atoms with Crippen molar-refractivity contribution in [1.82, 2.24) is 5.32 Å². The van der Waals surface area contributed by atoms with Gasteiger partial charge in [-0.25, -0.2) is 0 Å². The lowest BCUT2D eigenvalue weighted by Gasteiger charge is -2.37. The van der Waals surface area contributed by atoms with Crippen molar-refractivity contribution in [3.05, 3.63) is 108 Å². The van der Waals surface area contributed by atoms with Gasteiger partial charge < -0.3 is 10.4 Å². The van der Waals surface area contributed by atoms with Crippen molar-refractivity contribution in [3.63, 3.8) is 0 Å². The van der Waals surface area contributed by atoms with Gasteiger partial charge in [-0.3, -0.25) is 0 Å². The SMILES string of the molecule is OC[C@@H]1C[C@@H](SC(c2ccccc2)(c2ccccc2)c2ccccc2)CN1. The van der Waals surface area contributed by atoms with E-state index in [0.717, 1.165) is 13.0 Å². The molecule has 1 saturated heterocycles. The molecule has 0 amide bonds. The standard InChI is InChI=1S/C24H25NOS/c26-18-22-16-23(17-25-22)27-24(19-10-4-1-5-11-19,20-12-6-2-7-13-20)21-14-8-3-9-15-21/h1-15,22-23,25-26H,16-18H2/t22-,23+/m0/s1. The average Bonchev–Trinajstić information content (AvgIpc) is 3.21. The smallest absolute Gasteiger partial charge is 0.0910 e. The maximum Gasteiger partial charge on any atom is 0.0910 e. The molecule has 0 spiro atoms. The van der Waals surface area contributed by atoms with E-state index in [1.807, 2.05) is 11.8 Å². The third-order valence-electron chi connectivity index (χ3n) is 5.29. The van der Waals surface area contributed by atoms with Crippen LogP contribution >= 0.6 is 11.8 Å². The van der Waals surface area contributed by atoms with E-state index in [2.05, 4.69) is 96.3 Å². The lowest BCUT2D eigenvalue weighted by Crippen LogP contribution is -2.29. The second-order valence-electron chi connectivity index (χ2n) is 7.04. The molecule has 0 saturated carbocycles. The highest BCUT2D eigenvalue weighted by molar-refractivity contribution is 8.01. The summed E-state index contributed by atoms with van der Waals surface area (Å²) in [5.41, 5.74) is 3.87. The number of aliphatic hydroxyl groups is 1. The van der Waals surface area contributed by atoms with Crippen LogP contribution in [0, 0.1) is 0 Å². The second kappa shape index (κ2) is 8.30. The molecule has 138 valence electrons. The molecule has 1 heterocycles. The van der Waals surface area contributed by atoms with E-state index < -0.39 is 0 Å². The first-order valence-electron chi connectivity index (χ1n) is 9.51. The van der Waals surface area contributed by atoms with E-state index in [-0.39, 0.29) is 17.4 Å². The Balaban J connectivity index is 1.87. The number of rotatable bonds is 6. The molecular weight excluding hydrogens is 350 g/mol. The summed E-state index contributed by atoms with van der Waals surface area (Å²) in [7, 11) is 0. The Bertz CT molecular complexity index is 741. The molecule has 0 aromatic heterocycles. The fraction of sp³-hybridized carbons (Fsp3) is 0.250. The fourth-order valence-electron chi connectivity index (χ4n) is 3.98. The zero-order chi connectivity index (χ0) is 18.5. The summed E-state index contributed by atoms with van der Waals surface area (Å²) in [6.07, 6.45) is 0.982. The zero-order valence-electron chi connectivity index (χ0n) is 15.3. The van der Waals surface area contributed by atoms with Gasteiger partial charge in [-0.1, -0.05) is 91.0 Å². The molecule has 2 N–H and O–H groups in total. The van der Waals surface area contributed by atoms with Gasteiger partial charge in [0, 0.05) is 17.8 Å². The first kappa shape index (κ1) is 18.3. The van der Waals surface area contributed by atoms with Gasteiger partial charge in [0.05, 0.1) is 11.4 Å². The lowest BCUT2D eigenvalue weighted by molar-refractivity contribution is 0.255. The van der Waals surface area contributed by atoms with Crippen LogP contribution in [-0.4, -0.2) is 29.5 Å². The van der Waals surface area contributed by atoms with E-state index >= 15 is 0 Å². The Labute approximate surface area is 165 Å². The van der Waals surface area contributed by atoms with Crippen molar-refractivity contribution in [2.45, 2.75) is 22.5 Å². The van der Waals surface area contributed by atoms with Gasteiger partial charge in [0.1, 0.15) is 0 Å². The molecule has 0 unspecified atom stereocenters. The van der Waals surface area contributed by atoms with Gasteiger partial charge in [0.25, 0.3) is 0 Å². The topological polar surface area (TPSA) is 32.3 Å². The maximum absolute atomic E-state index is 9.56. The molecular formula is C24H25NOS. The highest BCUT2D eigenvalue weighted by atomic mass is 32.2. The predicted molar refractivity (Wildman–Crippen MR) is 114 cm³/mol. The summed E-state index contributed by atoms with van der Waals surface area (Å²) in [4.78, 5) is 0. The minimum atomic E-state index is -0.277. The van der Waals surface area contributed by atoms with Crippen molar-refractivity contribution in [1.29, 1.82) is 0 Å². The third-order valence-corrected chi connectivity index (χ3v) is 7.04. The van der Waals surface area contributed by atoms with Gasteiger partial charge in [-0.15, -0.1) is 11.8 Å². The quantitative estimate of drug-likeness (QED) is 0.625. The van der Waals surface area contributed by atoms with Crippen molar-refractivity contribution in [3.8, 4) is 0 Å². The van der Waals surface area contributed by atoms with Crippen LogP contribution in [0.15, 0.2) is 91.0 Å². The van der Waals surface area contributed by atoms with Crippen LogP contribution in [0.1, 0.15) is 23.1 Å². The van der Waals surface area contributed by atoms with E-state index in [9.17, 15) is 5.11 Å². The molecule has 3 aromatic carbocycles. The van der Waals surface area contributed by atoms with Crippen molar-refractivity contribution in [2.75, 3.05) is 13.2 Å². The van der Waals surface area contributed by atoms with Crippen LogP contribution in [-0.2, 0) is 4.75 Å². The number of hydrogen-bond donors (Lipinski definition) is 2. The van der Waals surface area contributed by atoms with Crippen LogP contribution in [0.4, 0.5) is 0 Å². The minimum Gasteiger partial charge on any atom is -0.395 e. The number of hydrogen-bond acceptors (Lipinski definition) is 3. The first-order valence-corrected chi connectivity index (χ1v) is 10.4. The molecule has 1 fully saturated rings. The number of benzene rings is 3. The summed E-state index contributed by atoms with van der Waals surface area (Å²) < 4.78 is -0.277. The van der Waals surface area contributed by atoms with Gasteiger partial charge in [-0.2, -0.15) is 0 Å². The molecule has 0 bridgehead atoms. The van der Waals surface area contributed by atoms with Crippen molar-refractivity contribution in [2.24, 2.45) is 0 Å². The van der Waals surface area contributed by atoms with Crippen molar-refractivity contribution >= 4 is 11.8 Å². The fourth-order valence-corrected chi connectivity index (χ4v) is 5.81. The lowest BCUT2D eigenvalue weighted by atomic mass is 9.84. The minimum absolute atomic E-state index is 0.197. The van der Waals surface area contributed by atoms with E-state index in [4.69, 9.17) is 0 Å². The Morgan fingerprint density at radius 2 is 1.22 bits per heavy atom. The summed E-state index contributed by atoms with van der Waals surface area (Å²) in [6.45, 7) is 1.12.